The van der Waals surface area contributed by atoms with Gasteiger partial charge in [-0.2, -0.15) is 0 Å². The molecular weight excluding hydrogens is 431 g/mol. The first-order chi connectivity index (χ1) is 14.4. The van der Waals surface area contributed by atoms with Gasteiger partial charge in [0.05, 0.1) is 28.3 Å². The maximum absolute atomic E-state index is 12.0. The molecule has 1 aliphatic rings. The summed E-state index contributed by atoms with van der Waals surface area (Å²) in [5.74, 6) is -0.862. The molecule has 0 bridgehead atoms. The van der Waals surface area contributed by atoms with E-state index in [1.165, 1.54) is 24.3 Å². The molecule has 3 rings (SSSR count). The number of nitrogens with one attached hydrogen (secondary N) is 1. The van der Waals surface area contributed by atoms with Crippen molar-refractivity contribution in [3.05, 3.63) is 63.6 Å². The molecule has 0 radical (unpaired) electrons. The molecule has 0 aliphatic carbocycles. The first-order valence-electron chi connectivity index (χ1n) is 9.41. The zero-order valence-corrected chi connectivity index (χ0v) is 17.7. The van der Waals surface area contributed by atoms with E-state index in [1.54, 1.807) is 6.07 Å². The highest BCUT2D eigenvalue weighted by atomic mass is 35.5. The summed E-state index contributed by atoms with van der Waals surface area (Å²) in [6.45, 7) is 2.98. The number of ether oxygens (including phenoxy) is 2. The Morgan fingerprint density at radius 3 is 2.63 bits per heavy atom. The second-order valence-electron chi connectivity index (χ2n) is 6.90. The first-order valence-corrected chi connectivity index (χ1v) is 10.2. The predicted octanol–water partition coefficient (Wildman–Crippen LogP) is 3.09. The summed E-state index contributed by atoms with van der Waals surface area (Å²) in [5, 5.41) is 12.7. The van der Waals surface area contributed by atoms with E-state index in [0.29, 0.717) is 35.5 Å². The molecule has 1 amide bonds. The molecule has 1 atom stereocenters. The first kappa shape index (κ1) is 22.4. The predicted molar refractivity (Wildman–Crippen MR) is 113 cm³/mol. The molecule has 7 nitrogen and oxygen atoms in total. The minimum atomic E-state index is -1.01. The van der Waals surface area contributed by atoms with Gasteiger partial charge in [0.15, 0.2) is 6.61 Å². The Balaban J connectivity index is 1.40. The number of carboxylic acids is 1. The fourth-order valence-electron chi connectivity index (χ4n) is 3.07. The maximum atomic E-state index is 12.0. The monoisotopic (exact) mass is 452 g/mol. The van der Waals surface area contributed by atoms with Crippen molar-refractivity contribution in [3.8, 4) is 5.75 Å². The van der Waals surface area contributed by atoms with Gasteiger partial charge in [0.1, 0.15) is 5.75 Å². The van der Waals surface area contributed by atoms with Gasteiger partial charge in [0.25, 0.3) is 5.91 Å². The van der Waals surface area contributed by atoms with E-state index < -0.39 is 5.97 Å². The van der Waals surface area contributed by atoms with Crippen molar-refractivity contribution in [2.75, 3.05) is 32.8 Å². The number of hydrogen-bond donors (Lipinski definition) is 2. The molecule has 0 spiro atoms. The number of aromatic carboxylic acids is 1. The van der Waals surface area contributed by atoms with Gasteiger partial charge in [-0.3, -0.25) is 9.69 Å². The molecule has 0 aromatic heterocycles. The lowest BCUT2D eigenvalue weighted by atomic mass is 10.2. The zero-order chi connectivity index (χ0) is 21.5. The van der Waals surface area contributed by atoms with Gasteiger partial charge in [0.2, 0.25) is 0 Å². The molecule has 30 heavy (non-hydrogen) atoms. The summed E-state index contributed by atoms with van der Waals surface area (Å²) in [7, 11) is 0. The highest BCUT2D eigenvalue weighted by Gasteiger charge is 2.21. The van der Waals surface area contributed by atoms with Crippen LogP contribution in [-0.2, 0) is 16.1 Å². The number of carbonyl (C=O) groups excluding carboxylic acids is 1. The molecule has 1 fully saturated rings. The number of nitrogens with zero attached hydrogens (tertiary/aromatic N) is 1. The number of halogens is 2. The van der Waals surface area contributed by atoms with Crippen molar-refractivity contribution in [1.82, 2.24) is 10.2 Å². The summed E-state index contributed by atoms with van der Waals surface area (Å²) in [4.78, 5) is 25.1. The Labute approximate surface area is 184 Å². The number of morpholine rings is 1. The summed E-state index contributed by atoms with van der Waals surface area (Å²) < 4.78 is 11.1. The summed E-state index contributed by atoms with van der Waals surface area (Å²) in [5.41, 5.74) is 1.23. The van der Waals surface area contributed by atoms with Crippen LogP contribution < -0.4 is 10.1 Å². The van der Waals surface area contributed by atoms with Crippen LogP contribution in [0, 0.1) is 0 Å². The normalized spacial score (nSPS) is 16.8. The molecule has 1 saturated heterocycles. The van der Waals surface area contributed by atoms with Crippen LogP contribution in [0.5, 0.6) is 5.75 Å². The van der Waals surface area contributed by atoms with Crippen LogP contribution in [-0.4, -0.2) is 60.8 Å². The van der Waals surface area contributed by atoms with Crippen molar-refractivity contribution in [3.63, 3.8) is 0 Å². The van der Waals surface area contributed by atoms with Crippen LogP contribution in [0.4, 0.5) is 0 Å². The van der Waals surface area contributed by atoms with Crippen LogP contribution in [0.1, 0.15) is 15.9 Å². The van der Waals surface area contributed by atoms with Gasteiger partial charge in [-0.1, -0.05) is 29.3 Å². The Bertz CT molecular complexity index is 891. The number of rotatable bonds is 8. The molecule has 160 valence electrons. The Morgan fingerprint density at radius 1 is 1.17 bits per heavy atom. The van der Waals surface area contributed by atoms with Gasteiger partial charge in [-0.15, -0.1) is 0 Å². The molecule has 0 unspecified atom stereocenters. The van der Waals surface area contributed by atoms with Gasteiger partial charge in [-0.05, 0) is 42.0 Å². The highest BCUT2D eigenvalue weighted by molar-refractivity contribution is 6.42. The van der Waals surface area contributed by atoms with Gasteiger partial charge in [0, 0.05) is 26.2 Å². The molecule has 0 saturated carbocycles. The lowest BCUT2D eigenvalue weighted by Gasteiger charge is -2.33. The van der Waals surface area contributed by atoms with Gasteiger partial charge >= 0.3 is 5.97 Å². The van der Waals surface area contributed by atoms with E-state index in [-0.39, 0.29) is 24.2 Å². The quantitative estimate of drug-likeness (QED) is 0.639. The lowest BCUT2D eigenvalue weighted by molar-refractivity contribution is -0.124. The topological polar surface area (TPSA) is 88.1 Å². The Hall–Kier alpha value is -2.32. The second-order valence-corrected chi connectivity index (χ2v) is 7.71. The maximum Gasteiger partial charge on any atom is 0.335 e. The number of carbonyl (C=O) groups is 2. The van der Waals surface area contributed by atoms with Crippen LogP contribution in [0.2, 0.25) is 10.0 Å². The third kappa shape index (κ3) is 6.60. The lowest BCUT2D eigenvalue weighted by Crippen LogP contribution is -2.47. The van der Waals surface area contributed by atoms with E-state index in [4.69, 9.17) is 37.8 Å². The standard InChI is InChI=1S/C21H22Cl2N2O5/c22-18-6-1-14(9-19(18)23)11-25-7-8-29-17(12-25)10-24-20(26)13-30-16-4-2-15(3-5-16)21(27)28/h1-6,9,17H,7-8,10-13H2,(H,24,26)(H,27,28)/t17-/m0/s1. The van der Waals surface area contributed by atoms with Gasteiger partial charge in [-0.25, -0.2) is 4.79 Å². The summed E-state index contributed by atoms with van der Waals surface area (Å²) in [6.07, 6.45) is -0.125. The molecule has 1 aliphatic heterocycles. The van der Waals surface area contributed by atoms with Crippen LogP contribution in [0.3, 0.4) is 0 Å². The molecule has 2 aromatic carbocycles. The van der Waals surface area contributed by atoms with E-state index in [9.17, 15) is 9.59 Å². The van der Waals surface area contributed by atoms with E-state index in [2.05, 4.69) is 10.2 Å². The van der Waals surface area contributed by atoms with Crippen molar-refractivity contribution in [2.24, 2.45) is 0 Å². The van der Waals surface area contributed by atoms with E-state index >= 15 is 0 Å². The van der Waals surface area contributed by atoms with Crippen molar-refractivity contribution < 1.29 is 24.2 Å². The van der Waals surface area contributed by atoms with E-state index in [1.807, 2.05) is 12.1 Å². The summed E-state index contributed by atoms with van der Waals surface area (Å²) >= 11 is 12.0. The average Bonchev–Trinajstić information content (AvgIpc) is 2.74. The number of carboxylic acid groups (broad SMARTS) is 1. The van der Waals surface area contributed by atoms with Crippen molar-refractivity contribution >= 4 is 35.1 Å². The van der Waals surface area contributed by atoms with Crippen molar-refractivity contribution in [1.29, 1.82) is 0 Å². The SMILES string of the molecule is O=C(COc1ccc(C(=O)O)cc1)NC[C@H]1CN(Cc2ccc(Cl)c(Cl)c2)CCO1. The van der Waals surface area contributed by atoms with E-state index in [0.717, 1.165) is 18.7 Å². The number of benzene rings is 2. The van der Waals surface area contributed by atoms with Crippen LogP contribution >= 0.6 is 23.2 Å². The smallest absolute Gasteiger partial charge is 0.335 e. The van der Waals surface area contributed by atoms with Crippen LogP contribution in [0.15, 0.2) is 42.5 Å². The Morgan fingerprint density at radius 2 is 1.93 bits per heavy atom. The molecule has 9 heteroatoms. The van der Waals surface area contributed by atoms with Crippen LogP contribution in [0.25, 0.3) is 0 Å². The summed E-state index contributed by atoms with van der Waals surface area (Å²) in [6, 6.07) is 11.5. The van der Waals surface area contributed by atoms with Gasteiger partial charge < -0.3 is 19.9 Å². The number of amides is 1. The average molecular weight is 453 g/mol. The molecule has 2 aromatic rings. The molecule has 2 N–H and O–H groups in total. The highest BCUT2D eigenvalue weighted by Crippen LogP contribution is 2.23. The Kier molecular flexibility index (Phi) is 7.93. The second kappa shape index (κ2) is 10.6. The third-order valence-electron chi connectivity index (χ3n) is 4.61. The largest absolute Gasteiger partial charge is 0.484 e. The fourth-order valence-corrected chi connectivity index (χ4v) is 3.39. The minimum absolute atomic E-state index is 0.125. The minimum Gasteiger partial charge on any atom is -0.484 e. The fraction of sp³-hybridized carbons (Fsp3) is 0.333. The molecular formula is C21H22Cl2N2O5. The van der Waals surface area contributed by atoms with Crippen molar-refractivity contribution in [2.45, 2.75) is 12.6 Å². The molecule has 1 heterocycles. The zero-order valence-electron chi connectivity index (χ0n) is 16.1. The number of hydrogen-bond acceptors (Lipinski definition) is 5. The third-order valence-corrected chi connectivity index (χ3v) is 5.35.